The molecule has 1 aromatic carbocycles. The SMILES string of the molecule is CN=C(NCc1cccc(N(C)C)n1)NC1CCN(c2cc(OC)cc(OC)c2)CC1.I. The van der Waals surface area contributed by atoms with E-state index in [2.05, 4.69) is 37.6 Å². The predicted molar refractivity (Wildman–Crippen MR) is 142 cm³/mol. The lowest BCUT2D eigenvalue weighted by Gasteiger charge is -2.34. The van der Waals surface area contributed by atoms with E-state index in [1.165, 1.54) is 0 Å². The lowest BCUT2D eigenvalue weighted by atomic mass is 10.0. The number of piperidine rings is 1. The van der Waals surface area contributed by atoms with Crippen LogP contribution in [0.5, 0.6) is 11.5 Å². The summed E-state index contributed by atoms with van der Waals surface area (Å²) in [5.74, 6) is 3.37. The highest BCUT2D eigenvalue weighted by Gasteiger charge is 2.21. The first-order valence-corrected chi connectivity index (χ1v) is 10.6. The number of hydrogen-bond donors (Lipinski definition) is 2. The molecular formula is C23H35IN6O2. The van der Waals surface area contributed by atoms with Crippen LogP contribution in [0.15, 0.2) is 41.4 Å². The number of ether oxygens (including phenoxy) is 2. The van der Waals surface area contributed by atoms with Gasteiger partial charge in [-0.15, -0.1) is 24.0 Å². The van der Waals surface area contributed by atoms with E-state index in [1.54, 1.807) is 21.3 Å². The van der Waals surface area contributed by atoms with Gasteiger partial charge in [-0.05, 0) is 25.0 Å². The molecule has 32 heavy (non-hydrogen) atoms. The Labute approximate surface area is 208 Å². The minimum absolute atomic E-state index is 0. The Bertz CT molecular complexity index is 862. The molecule has 2 heterocycles. The summed E-state index contributed by atoms with van der Waals surface area (Å²) < 4.78 is 10.8. The molecule has 0 spiro atoms. The third-order valence-electron chi connectivity index (χ3n) is 5.45. The number of halogens is 1. The Hall–Kier alpha value is -2.43. The minimum Gasteiger partial charge on any atom is -0.497 e. The highest BCUT2D eigenvalue weighted by Crippen LogP contribution is 2.30. The number of guanidine groups is 1. The number of anilines is 2. The van der Waals surface area contributed by atoms with Crippen LogP contribution in [-0.4, -0.2) is 65.4 Å². The molecule has 0 atom stereocenters. The van der Waals surface area contributed by atoms with E-state index in [9.17, 15) is 0 Å². The molecule has 8 nitrogen and oxygen atoms in total. The van der Waals surface area contributed by atoms with E-state index in [0.29, 0.717) is 12.6 Å². The minimum atomic E-state index is 0. The summed E-state index contributed by atoms with van der Waals surface area (Å²) in [5.41, 5.74) is 2.11. The Morgan fingerprint density at radius 2 is 1.78 bits per heavy atom. The topological polar surface area (TPSA) is 74.3 Å². The van der Waals surface area contributed by atoms with E-state index >= 15 is 0 Å². The number of pyridine rings is 1. The van der Waals surface area contributed by atoms with Gasteiger partial charge in [0.1, 0.15) is 17.3 Å². The van der Waals surface area contributed by atoms with Crippen LogP contribution in [0.4, 0.5) is 11.5 Å². The zero-order chi connectivity index (χ0) is 22.2. The Balaban J connectivity index is 0.00000363. The number of benzene rings is 1. The highest BCUT2D eigenvalue weighted by atomic mass is 127. The Morgan fingerprint density at radius 3 is 2.34 bits per heavy atom. The number of nitrogens with one attached hydrogen (secondary N) is 2. The third kappa shape index (κ3) is 7.04. The number of rotatable bonds is 7. The zero-order valence-corrected chi connectivity index (χ0v) is 21.9. The molecule has 1 aliphatic rings. The molecule has 0 amide bonds. The average Bonchev–Trinajstić information content (AvgIpc) is 2.81. The lowest BCUT2D eigenvalue weighted by Crippen LogP contribution is -2.48. The van der Waals surface area contributed by atoms with Crippen molar-refractivity contribution in [3.8, 4) is 11.5 Å². The summed E-state index contributed by atoms with van der Waals surface area (Å²) in [4.78, 5) is 13.4. The molecule has 9 heteroatoms. The second-order valence-electron chi connectivity index (χ2n) is 7.78. The fourth-order valence-corrected chi connectivity index (χ4v) is 3.63. The smallest absolute Gasteiger partial charge is 0.191 e. The fraction of sp³-hybridized carbons (Fsp3) is 0.478. The molecule has 2 aromatic rings. The van der Waals surface area contributed by atoms with Crippen molar-refractivity contribution < 1.29 is 9.47 Å². The normalized spacial score (nSPS) is 14.4. The molecule has 3 rings (SSSR count). The predicted octanol–water partition coefficient (Wildman–Crippen LogP) is 3.12. The molecule has 1 aromatic heterocycles. The van der Waals surface area contributed by atoms with Crippen LogP contribution < -0.4 is 29.9 Å². The maximum absolute atomic E-state index is 5.41. The summed E-state index contributed by atoms with van der Waals surface area (Å²) in [7, 11) is 9.15. The van der Waals surface area contributed by atoms with Crippen LogP contribution in [0.25, 0.3) is 0 Å². The number of methoxy groups -OCH3 is 2. The molecule has 1 aliphatic heterocycles. The van der Waals surface area contributed by atoms with Gasteiger partial charge in [-0.25, -0.2) is 4.98 Å². The first kappa shape index (κ1) is 25.8. The van der Waals surface area contributed by atoms with Crippen molar-refractivity contribution in [1.29, 1.82) is 0 Å². The van der Waals surface area contributed by atoms with Gasteiger partial charge in [-0.3, -0.25) is 4.99 Å². The molecule has 0 unspecified atom stereocenters. The van der Waals surface area contributed by atoms with Crippen molar-refractivity contribution in [2.24, 2.45) is 4.99 Å². The van der Waals surface area contributed by atoms with E-state index < -0.39 is 0 Å². The van der Waals surface area contributed by atoms with Crippen LogP contribution in [0.3, 0.4) is 0 Å². The highest BCUT2D eigenvalue weighted by molar-refractivity contribution is 14.0. The van der Waals surface area contributed by atoms with Gasteiger partial charge in [0, 0.05) is 64.2 Å². The van der Waals surface area contributed by atoms with Gasteiger partial charge in [0.15, 0.2) is 5.96 Å². The van der Waals surface area contributed by atoms with Crippen LogP contribution in [0, 0.1) is 0 Å². The van der Waals surface area contributed by atoms with Crippen LogP contribution in [-0.2, 0) is 6.54 Å². The van der Waals surface area contributed by atoms with Gasteiger partial charge < -0.3 is 29.9 Å². The van der Waals surface area contributed by atoms with Crippen LogP contribution >= 0.6 is 24.0 Å². The van der Waals surface area contributed by atoms with Crippen molar-refractivity contribution in [2.45, 2.75) is 25.4 Å². The van der Waals surface area contributed by atoms with Crippen molar-refractivity contribution >= 4 is 41.4 Å². The van der Waals surface area contributed by atoms with Gasteiger partial charge in [0.25, 0.3) is 0 Å². The first-order valence-electron chi connectivity index (χ1n) is 10.6. The fourth-order valence-electron chi connectivity index (χ4n) is 3.63. The maximum atomic E-state index is 5.41. The molecule has 0 bridgehead atoms. The van der Waals surface area contributed by atoms with E-state index in [1.807, 2.05) is 43.3 Å². The number of nitrogens with zero attached hydrogens (tertiary/aromatic N) is 4. The third-order valence-corrected chi connectivity index (χ3v) is 5.45. The monoisotopic (exact) mass is 554 g/mol. The van der Waals surface area contributed by atoms with E-state index in [4.69, 9.17) is 9.47 Å². The van der Waals surface area contributed by atoms with Gasteiger partial charge in [0.2, 0.25) is 0 Å². The lowest BCUT2D eigenvalue weighted by molar-refractivity contribution is 0.393. The quantitative estimate of drug-likeness (QED) is 0.310. The van der Waals surface area contributed by atoms with Crippen molar-refractivity contribution in [3.05, 3.63) is 42.1 Å². The van der Waals surface area contributed by atoms with E-state index in [-0.39, 0.29) is 24.0 Å². The van der Waals surface area contributed by atoms with Crippen LogP contribution in [0.1, 0.15) is 18.5 Å². The van der Waals surface area contributed by atoms with Crippen molar-refractivity contribution in [3.63, 3.8) is 0 Å². The molecule has 1 saturated heterocycles. The standard InChI is InChI=1S/C23H34N6O2.HI/c1-24-23(25-16-18-7-6-8-22(26-18)28(2)3)27-17-9-11-29(12-10-17)19-13-20(30-4)15-21(14-19)31-5;/h6-8,13-15,17H,9-12,16H2,1-5H3,(H2,24,25,27);1H. The molecule has 176 valence electrons. The Morgan fingerprint density at radius 1 is 1.12 bits per heavy atom. The van der Waals surface area contributed by atoms with Gasteiger partial charge in [-0.1, -0.05) is 6.07 Å². The summed E-state index contributed by atoms with van der Waals surface area (Å²) in [6.07, 6.45) is 2.04. The van der Waals surface area contributed by atoms with Crippen molar-refractivity contribution in [2.75, 3.05) is 58.3 Å². The first-order chi connectivity index (χ1) is 15.0. The average molecular weight is 554 g/mol. The summed E-state index contributed by atoms with van der Waals surface area (Å²) in [6.45, 7) is 2.54. The number of hydrogen-bond acceptors (Lipinski definition) is 6. The number of aromatic nitrogens is 1. The molecular weight excluding hydrogens is 519 g/mol. The molecule has 0 saturated carbocycles. The molecule has 0 aliphatic carbocycles. The molecule has 2 N–H and O–H groups in total. The summed E-state index contributed by atoms with van der Waals surface area (Å²) >= 11 is 0. The zero-order valence-electron chi connectivity index (χ0n) is 19.6. The second kappa shape index (κ2) is 12.6. The largest absolute Gasteiger partial charge is 0.497 e. The maximum Gasteiger partial charge on any atom is 0.191 e. The summed E-state index contributed by atoms with van der Waals surface area (Å²) in [6, 6.07) is 12.4. The van der Waals surface area contributed by atoms with Crippen LogP contribution in [0.2, 0.25) is 0 Å². The van der Waals surface area contributed by atoms with Gasteiger partial charge in [0.05, 0.1) is 26.5 Å². The number of aliphatic imine (C=N–C) groups is 1. The van der Waals surface area contributed by atoms with E-state index in [0.717, 1.165) is 60.6 Å². The van der Waals surface area contributed by atoms with Crippen molar-refractivity contribution in [1.82, 2.24) is 15.6 Å². The Kier molecular flexibility index (Phi) is 10.1. The van der Waals surface area contributed by atoms with Gasteiger partial charge >= 0.3 is 0 Å². The van der Waals surface area contributed by atoms with Gasteiger partial charge in [-0.2, -0.15) is 0 Å². The second-order valence-corrected chi connectivity index (χ2v) is 7.78. The molecule has 0 radical (unpaired) electrons. The summed E-state index contributed by atoms with van der Waals surface area (Å²) in [5, 5.41) is 6.94. The molecule has 1 fully saturated rings.